The van der Waals surface area contributed by atoms with Crippen LogP contribution >= 0.6 is 0 Å². The van der Waals surface area contributed by atoms with Gasteiger partial charge < -0.3 is 10.6 Å². The van der Waals surface area contributed by atoms with E-state index in [1.165, 1.54) is 6.07 Å². The standard InChI is InChI=1S/C14H17FN2O2/c1-3-8(2)16-14(19)10-7-12(18)17-13-9(10)5-4-6-11(13)15/h4-6,8,10H,3,7H2,1-2H3,(H,16,19)(H,17,18). The average Bonchev–Trinajstić information content (AvgIpc) is 2.38. The number of carbonyl (C=O) groups excluding carboxylic acids is 2. The van der Waals surface area contributed by atoms with Crippen molar-refractivity contribution in [3.63, 3.8) is 0 Å². The number of carbonyl (C=O) groups is 2. The molecule has 0 saturated heterocycles. The van der Waals surface area contributed by atoms with Gasteiger partial charge >= 0.3 is 0 Å². The third kappa shape index (κ3) is 2.75. The van der Waals surface area contributed by atoms with Gasteiger partial charge in [0.1, 0.15) is 5.82 Å². The van der Waals surface area contributed by atoms with E-state index in [0.29, 0.717) is 5.56 Å². The van der Waals surface area contributed by atoms with Crippen LogP contribution in [0.5, 0.6) is 0 Å². The minimum Gasteiger partial charge on any atom is -0.353 e. The summed E-state index contributed by atoms with van der Waals surface area (Å²) in [5, 5.41) is 5.33. The van der Waals surface area contributed by atoms with Crippen molar-refractivity contribution < 1.29 is 14.0 Å². The molecule has 2 unspecified atom stereocenters. The second-order valence-corrected chi connectivity index (χ2v) is 4.83. The van der Waals surface area contributed by atoms with Crippen molar-refractivity contribution in [2.45, 2.75) is 38.6 Å². The second-order valence-electron chi connectivity index (χ2n) is 4.83. The van der Waals surface area contributed by atoms with E-state index in [1.54, 1.807) is 12.1 Å². The maximum atomic E-state index is 13.7. The molecule has 2 amide bonds. The molecule has 1 aliphatic heterocycles. The molecule has 1 aliphatic rings. The molecule has 5 heteroatoms. The Bertz CT molecular complexity index is 516. The van der Waals surface area contributed by atoms with E-state index in [9.17, 15) is 14.0 Å². The third-order valence-corrected chi connectivity index (χ3v) is 3.39. The molecule has 0 aromatic heterocycles. The molecule has 0 bridgehead atoms. The summed E-state index contributed by atoms with van der Waals surface area (Å²) in [5.74, 6) is -1.68. The van der Waals surface area contributed by atoms with Crippen molar-refractivity contribution in [1.29, 1.82) is 0 Å². The number of benzene rings is 1. The molecule has 0 aliphatic carbocycles. The van der Waals surface area contributed by atoms with Gasteiger partial charge in [0, 0.05) is 12.5 Å². The highest BCUT2D eigenvalue weighted by Gasteiger charge is 2.32. The fourth-order valence-corrected chi connectivity index (χ4v) is 2.13. The van der Waals surface area contributed by atoms with Gasteiger partial charge in [0.15, 0.2) is 0 Å². The molecular weight excluding hydrogens is 247 g/mol. The van der Waals surface area contributed by atoms with E-state index in [0.717, 1.165) is 6.42 Å². The molecule has 2 N–H and O–H groups in total. The van der Waals surface area contributed by atoms with Gasteiger partial charge in [-0.2, -0.15) is 0 Å². The van der Waals surface area contributed by atoms with Crippen LogP contribution in [0.4, 0.5) is 10.1 Å². The zero-order chi connectivity index (χ0) is 14.0. The quantitative estimate of drug-likeness (QED) is 0.879. The van der Waals surface area contributed by atoms with Gasteiger partial charge in [0.2, 0.25) is 11.8 Å². The van der Waals surface area contributed by atoms with E-state index >= 15 is 0 Å². The molecular formula is C14H17FN2O2. The van der Waals surface area contributed by atoms with Crippen LogP contribution < -0.4 is 10.6 Å². The number of para-hydroxylation sites is 1. The first kappa shape index (κ1) is 13.5. The maximum absolute atomic E-state index is 13.7. The van der Waals surface area contributed by atoms with Crippen LogP contribution in [0.1, 0.15) is 38.2 Å². The lowest BCUT2D eigenvalue weighted by Gasteiger charge is -2.26. The Morgan fingerprint density at radius 3 is 3.00 bits per heavy atom. The summed E-state index contributed by atoms with van der Waals surface area (Å²) in [4.78, 5) is 23.8. The van der Waals surface area contributed by atoms with Crippen molar-refractivity contribution in [3.05, 3.63) is 29.6 Å². The van der Waals surface area contributed by atoms with Crippen molar-refractivity contribution in [3.8, 4) is 0 Å². The fraction of sp³-hybridized carbons (Fsp3) is 0.429. The third-order valence-electron chi connectivity index (χ3n) is 3.39. The highest BCUT2D eigenvalue weighted by molar-refractivity contribution is 6.01. The summed E-state index contributed by atoms with van der Waals surface area (Å²) in [5.41, 5.74) is 0.670. The van der Waals surface area contributed by atoms with Gasteiger partial charge in [-0.3, -0.25) is 9.59 Å². The molecule has 19 heavy (non-hydrogen) atoms. The fourth-order valence-electron chi connectivity index (χ4n) is 2.13. The van der Waals surface area contributed by atoms with Crippen molar-refractivity contribution in [2.75, 3.05) is 5.32 Å². The number of halogens is 1. The van der Waals surface area contributed by atoms with Gasteiger partial charge in [-0.15, -0.1) is 0 Å². The van der Waals surface area contributed by atoms with Crippen LogP contribution in [-0.4, -0.2) is 17.9 Å². The highest BCUT2D eigenvalue weighted by Crippen LogP contribution is 2.34. The van der Waals surface area contributed by atoms with E-state index in [-0.39, 0.29) is 30.0 Å². The van der Waals surface area contributed by atoms with E-state index in [4.69, 9.17) is 0 Å². The Kier molecular flexibility index (Phi) is 3.83. The first-order valence-corrected chi connectivity index (χ1v) is 6.41. The molecule has 1 heterocycles. The second kappa shape index (κ2) is 5.38. The minimum absolute atomic E-state index is 0.0366. The Morgan fingerprint density at radius 1 is 1.58 bits per heavy atom. The highest BCUT2D eigenvalue weighted by atomic mass is 19.1. The number of amides is 2. The molecule has 0 saturated carbocycles. The zero-order valence-corrected chi connectivity index (χ0v) is 11.0. The number of fused-ring (bicyclic) bond motifs is 1. The smallest absolute Gasteiger partial charge is 0.228 e. The lowest BCUT2D eigenvalue weighted by molar-refractivity contribution is -0.126. The van der Waals surface area contributed by atoms with Gasteiger partial charge in [0.05, 0.1) is 11.6 Å². The number of rotatable bonds is 3. The van der Waals surface area contributed by atoms with Gasteiger partial charge in [0.25, 0.3) is 0 Å². The first-order chi connectivity index (χ1) is 9.02. The molecule has 1 aromatic rings. The van der Waals surface area contributed by atoms with Gasteiger partial charge in [-0.05, 0) is 25.0 Å². The lowest BCUT2D eigenvalue weighted by Crippen LogP contribution is -2.39. The summed E-state index contributed by atoms with van der Waals surface area (Å²) in [6, 6.07) is 4.54. The van der Waals surface area contributed by atoms with Crippen LogP contribution in [0.3, 0.4) is 0 Å². The van der Waals surface area contributed by atoms with Crippen molar-refractivity contribution >= 4 is 17.5 Å². The summed E-state index contributed by atoms with van der Waals surface area (Å²) >= 11 is 0. The monoisotopic (exact) mass is 264 g/mol. The number of hydrogen-bond acceptors (Lipinski definition) is 2. The summed E-state index contributed by atoms with van der Waals surface area (Å²) in [6.45, 7) is 3.86. The van der Waals surface area contributed by atoms with Crippen molar-refractivity contribution in [2.24, 2.45) is 0 Å². The van der Waals surface area contributed by atoms with E-state index < -0.39 is 11.7 Å². The molecule has 102 valence electrons. The topological polar surface area (TPSA) is 58.2 Å². The maximum Gasteiger partial charge on any atom is 0.228 e. The average molecular weight is 264 g/mol. The molecule has 0 fully saturated rings. The largest absolute Gasteiger partial charge is 0.353 e. The van der Waals surface area contributed by atoms with Crippen molar-refractivity contribution in [1.82, 2.24) is 5.32 Å². The van der Waals surface area contributed by atoms with Crippen LogP contribution in [0.2, 0.25) is 0 Å². The van der Waals surface area contributed by atoms with E-state index in [2.05, 4.69) is 10.6 Å². The molecule has 0 radical (unpaired) electrons. The number of anilines is 1. The Balaban J connectivity index is 2.30. The summed E-state index contributed by atoms with van der Waals surface area (Å²) < 4.78 is 13.7. The SMILES string of the molecule is CCC(C)NC(=O)C1CC(=O)Nc2c(F)cccc21. The Hall–Kier alpha value is -1.91. The van der Waals surface area contributed by atoms with Crippen LogP contribution in [0.15, 0.2) is 18.2 Å². The van der Waals surface area contributed by atoms with E-state index in [1.807, 2.05) is 13.8 Å². The molecule has 0 spiro atoms. The molecule has 2 rings (SSSR count). The summed E-state index contributed by atoms with van der Waals surface area (Å²) in [6.07, 6.45) is 0.861. The number of nitrogens with one attached hydrogen (secondary N) is 2. The predicted molar refractivity (Wildman–Crippen MR) is 70.3 cm³/mol. The lowest BCUT2D eigenvalue weighted by atomic mass is 9.89. The molecule has 4 nitrogen and oxygen atoms in total. The van der Waals surface area contributed by atoms with Gasteiger partial charge in [-0.1, -0.05) is 19.1 Å². The normalized spacial score (nSPS) is 19.3. The van der Waals surface area contributed by atoms with Crippen LogP contribution in [0.25, 0.3) is 0 Å². The first-order valence-electron chi connectivity index (χ1n) is 6.41. The minimum atomic E-state index is -0.617. The Labute approximate surface area is 111 Å². The number of hydrogen-bond donors (Lipinski definition) is 2. The summed E-state index contributed by atoms with van der Waals surface area (Å²) in [7, 11) is 0. The predicted octanol–water partition coefficient (Wildman–Crippen LogP) is 2.17. The van der Waals surface area contributed by atoms with Crippen LogP contribution in [-0.2, 0) is 9.59 Å². The van der Waals surface area contributed by atoms with Gasteiger partial charge in [-0.25, -0.2) is 4.39 Å². The van der Waals surface area contributed by atoms with Crippen LogP contribution in [0, 0.1) is 5.82 Å². The Morgan fingerprint density at radius 2 is 2.32 bits per heavy atom. The zero-order valence-electron chi connectivity index (χ0n) is 11.0. The molecule has 1 aromatic carbocycles. The molecule has 2 atom stereocenters.